The van der Waals surface area contributed by atoms with Crippen LogP contribution in [0.15, 0.2) is 12.1 Å². The van der Waals surface area contributed by atoms with Gasteiger partial charge in [-0.2, -0.15) is 0 Å². The van der Waals surface area contributed by atoms with Crippen molar-refractivity contribution in [2.45, 2.75) is 6.10 Å². The summed E-state index contributed by atoms with van der Waals surface area (Å²) < 4.78 is 18.4. The Morgan fingerprint density at radius 2 is 2.27 bits per heavy atom. The maximum Gasteiger partial charge on any atom is 0.134 e. The Morgan fingerprint density at radius 1 is 1.60 bits per heavy atom. The van der Waals surface area contributed by atoms with E-state index >= 15 is 0 Å². The molecule has 3 nitrogen and oxygen atoms in total. The smallest absolute Gasteiger partial charge is 0.134 e. The van der Waals surface area contributed by atoms with Crippen molar-refractivity contribution in [2.75, 3.05) is 20.7 Å². The Bertz CT molecular complexity index is 323. The number of nitrogens with one attached hydrogen (secondary N) is 1. The van der Waals surface area contributed by atoms with Crippen molar-refractivity contribution in [3.05, 3.63) is 28.5 Å². The molecule has 1 rings (SSSR count). The number of aliphatic hydroxyl groups excluding tert-OH is 1. The standard InChI is InChI=1S/C10H13ClFNO2/c1-13-5-9(14)10-7(11)3-6(15-2)4-8(10)12/h3-4,9,13-14H,5H2,1-2H3. The van der Waals surface area contributed by atoms with E-state index in [4.69, 9.17) is 16.3 Å². The Labute approximate surface area is 92.8 Å². The molecule has 84 valence electrons. The number of ether oxygens (including phenoxy) is 1. The fourth-order valence-corrected chi connectivity index (χ4v) is 1.62. The molecule has 0 aromatic heterocycles. The van der Waals surface area contributed by atoms with E-state index in [0.29, 0.717) is 5.75 Å². The second-order valence-electron chi connectivity index (χ2n) is 3.08. The predicted octanol–water partition coefficient (Wildman–Crippen LogP) is 1.74. The summed E-state index contributed by atoms with van der Waals surface area (Å²) in [7, 11) is 3.09. The van der Waals surface area contributed by atoms with E-state index < -0.39 is 11.9 Å². The van der Waals surface area contributed by atoms with Crippen molar-refractivity contribution in [1.82, 2.24) is 5.32 Å². The summed E-state index contributed by atoms with van der Waals surface area (Å²) in [6.45, 7) is 0.239. The maximum atomic E-state index is 13.5. The van der Waals surface area contributed by atoms with Gasteiger partial charge in [-0.05, 0) is 13.1 Å². The molecule has 1 aromatic carbocycles. The van der Waals surface area contributed by atoms with Crippen molar-refractivity contribution < 1.29 is 14.2 Å². The van der Waals surface area contributed by atoms with Crippen LogP contribution in [0.5, 0.6) is 5.75 Å². The van der Waals surface area contributed by atoms with Gasteiger partial charge in [0.25, 0.3) is 0 Å². The molecule has 1 atom stereocenters. The molecule has 2 N–H and O–H groups in total. The average molecular weight is 234 g/mol. The first-order chi connectivity index (χ1) is 7.10. The van der Waals surface area contributed by atoms with E-state index in [2.05, 4.69) is 5.32 Å². The summed E-state index contributed by atoms with van der Waals surface area (Å²) in [5.74, 6) is -0.236. The molecule has 0 spiro atoms. The van der Waals surface area contributed by atoms with E-state index in [1.165, 1.54) is 19.2 Å². The number of halogens is 2. The topological polar surface area (TPSA) is 41.5 Å². The molecule has 0 amide bonds. The SMILES string of the molecule is CNCC(O)c1c(F)cc(OC)cc1Cl. The van der Waals surface area contributed by atoms with Crippen LogP contribution >= 0.6 is 11.6 Å². The summed E-state index contributed by atoms with van der Waals surface area (Å²) >= 11 is 5.84. The molecular weight excluding hydrogens is 221 g/mol. The largest absolute Gasteiger partial charge is 0.497 e. The average Bonchev–Trinajstić information content (AvgIpc) is 2.16. The highest BCUT2D eigenvalue weighted by Crippen LogP contribution is 2.30. The molecule has 1 aromatic rings. The Hall–Kier alpha value is -0.840. The Morgan fingerprint density at radius 3 is 2.73 bits per heavy atom. The van der Waals surface area contributed by atoms with Crippen LogP contribution in [0.4, 0.5) is 4.39 Å². The molecule has 15 heavy (non-hydrogen) atoms. The van der Waals surface area contributed by atoms with Gasteiger partial charge in [0.1, 0.15) is 11.6 Å². The van der Waals surface area contributed by atoms with E-state index in [1.54, 1.807) is 7.05 Å². The number of likely N-dealkylation sites (N-methyl/N-ethyl adjacent to an activating group) is 1. The molecular formula is C10H13ClFNO2. The summed E-state index contributed by atoms with van der Waals surface area (Å²) in [6, 6.07) is 2.67. The lowest BCUT2D eigenvalue weighted by Crippen LogP contribution is -2.18. The molecule has 0 aliphatic carbocycles. The van der Waals surface area contributed by atoms with Crippen LogP contribution in [-0.2, 0) is 0 Å². The van der Waals surface area contributed by atoms with Crippen LogP contribution in [-0.4, -0.2) is 25.8 Å². The third kappa shape index (κ3) is 2.81. The highest BCUT2D eigenvalue weighted by atomic mass is 35.5. The molecule has 0 aliphatic rings. The van der Waals surface area contributed by atoms with Crippen molar-refractivity contribution in [1.29, 1.82) is 0 Å². The molecule has 0 aliphatic heterocycles. The normalized spacial score (nSPS) is 12.6. The number of benzene rings is 1. The van der Waals surface area contributed by atoms with Gasteiger partial charge in [0.05, 0.1) is 18.2 Å². The quantitative estimate of drug-likeness (QED) is 0.833. The zero-order chi connectivity index (χ0) is 11.4. The lowest BCUT2D eigenvalue weighted by molar-refractivity contribution is 0.173. The molecule has 1 unspecified atom stereocenters. The van der Waals surface area contributed by atoms with Crippen molar-refractivity contribution >= 4 is 11.6 Å². The molecule has 0 bridgehead atoms. The fourth-order valence-electron chi connectivity index (χ4n) is 1.29. The monoisotopic (exact) mass is 233 g/mol. The highest BCUT2D eigenvalue weighted by Gasteiger charge is 2.17. The van der Waals surface area contributed by atoms with Crippen molar-refractivity contribution in [3.8, 4) is 5.75 Å². The number of methoxy groups -OCH3 is 1. The minimum Gasteiger partial charge on any atom is -0.497 e. The second kappa shape index (κ2) is 5.30. The van der Waals surface area contributed by atoms with E-state index in [9.17, 15) is 9.50 Å². The lowest BCUT2D eigenvalue weighted by Gasteiger charge is -2.14. The highest BCUT2D eigenvalue weighted by molar-refractivity contribution is 6.31. The van der Waals surface area contributed by atoms with E-state index in [-0.39, 0.29) is 17.1 Å². The molecule has 0 fully saturated rings. The molecule has 0 saturated heterocycles. The van der Waals surface area contributed by atoms with Crippen LogP contribution in [0, 0.1) is 5.82 Å². The third-order valence-corrected chi connectivity index (χ3v) is 2.33. The summed E-state index contributed by atoms with van der Waals surface area (Å²) in [5.41, 5.74) is 0.0896. The van der Waals surface area contributed by atoms with Gasteiger partial charge in [0, 0.05) is 18.2 Å². The Kier molecular flexibility index (Phi) is 4.32. The minimum atomic E-state index is -0.964. The van der Waals surface area contributed by atoms with Crippen molar-refractivity contribution in [2.24, 2.45) is 0 Å². The van der Waals surface area contributed by atoms with Crippen LogP contribution in [0.1, 0.15) is 11.7 Å². The van der Waals surface area contributed by atoms with Crippen LogP contribution < -0.4 is 10.1 Å². The lowest BCUT2D eigenvalue weighted by atomic mass is 10.1. The molecule has 5 heteroatoms. The summed E-state index contributed by atoms with van der Waals surface area (Å²) in [4.78, 5) is 0. The number of hydrogen-bond donors (Lipinski definition) is 2. The zero-order valence-electron chi connectivity index (χ0n) is 8.55. The second-order valence-corrected chi connectivity index (χ2v) is 3.49. The Balaban J connectivity index is 3.07. The van der Waals surface area contributed by atoms with Gasteiger partial charge < -0.3 is 15.2 Å². The van der Waals surface area contributed by atoms with Gasteiger partial charge >= 0.3 is 0 Å². The third-order valence-electron chi connectivity index (χ3n) is 2.02. The molecule has 0 saturated carbocycles. The van der Waals surface area contributed by atoms with Gasteiger partial charge in [-0.15, -0.1) is 0 Å². The number of aliphatic hydroxyl groups is 1. The van der Waals surface area contributed by atoms with Gasteiger partial charge in [-0.1, -0.05) is 11.6 Å². The zero-order valence-corrected chi connectivity index (χ0v) is 9.31. The first-order valence-electron chi connectivity index (χ1n) is 4.45. The maximum absolute atomic E-state index is 13.5. The van der Waals surface area contributed by atoms with Crippen LogP contribution in [0.3, 0.4) is 0 Å². The van der Waals surface area contributed by atoms with Crippen molar-refractivity contribution in [3.63, 3.8) is 0 Å². The van der Waals surface area contributed by atoms with Crippen LogP contribution in [0.2, 0.25) is 5.02 Å². The summed E-state index contributed by atoms with van der Waals surface area (Å²) in [5, 5.41) is 12.5. The predicted molar refractivity (Wildman–Crippen MR) is 56.8 cm³/mol. The number of hydrogen-bond acceptors (Lipinski definition) is 3. The van der Waals surface area contributed by atoms with Gasteiger partial charge in [-0.25, -0.2) is 4.39 Å². The van der Waals surface area contributed by atoms with Gasteiger partial charge in [-0.3, -0.25) is 0 Å². The first kappa shape index (κ1) is 12.2. The summed E-state index contributed by atoms with van der Waals surface area (Å²) in [6.07, 6.45) is -0.964. The molecule has 0 radical (unpaired) electrons. The first-order valence-corrected chi connectivity index (χ1v) is 4.83. The minimum absolute atomic E-state index is 0.0896. The van der Waals surface area contributed by atoms with E-state index in [0.717, 1.165) is 0 Å². The fraction of sp³-hybridized carbons (Fsp3) is 0.400. The molecule has 0 heterocycles. The van der Waals surface area contributed by atoms with Gasteiger partial charge in [0.2, 0.25) is 0 Å². The van der Waals surface area contributed by atoms with Gasteiger partial charge in [0.15, 0.2) is 0 Å². The van der Waals surface area contributed by atoms with E-state index in [1.807, 2.05) is 0 Å². The number of rotatable bonds is 4. The van der Waals surface area contributed by atoms with Crippen LogP contribution in [0.25, 0.3) is 0 Å².